The smallest absolute Gasteiger partial charge is 0.226 e. The van der Waals surface area contributed by atoms with Crippen LogP contribution in [0.1, 0.15) is 32.3 Å². The van der Waals surface area contributed by atoms with Gasteiger partial charge in [0.25, 0.3) is 0 Å². The lowest BCUT2D eigenvalue weighted by Crippen LogP contribution is -2.36. The number of anilines is 2. The van der Waals surface area contributed by atoms with Crippen LogP contribution in [0.25, 0.3) is 0 Å². The maximum atomic E-state index is 13.9. The molecule has 0 spiro atoms. The normalized spacial score (nSPS) is 14.5. The molecule has 6 heteroatoms. The average Bonchev–Trinajstić information content (AvgIpc) is 2.28. The molecule has 0 radical (unpaired) electrons. The van der Waals surface area contributed by atoms with Gasteiger partial charge in [0.2, 0.25) is 11.8 Å². The van der Waals surface area contributed by atoms with E-state index in [2.05, 4.69) is 10.6 Å². The van der Waals surface area contributed by atoms with E-state index in [9.17, 15) is 14.0 Å². The Balaban J connectivity index is 2.18. The van der Waals surface area contributed by atoms with Gasteiger partial charge in [0.05, 0.1) is 5.69 Å². The second-order valence-corrected chi connectivity index (χ2v) is 5.75. The van der Waals surface area contributed by atoms with Crippen LogP contribution in [0.3, 0.4) is 0 Å². The van der Waals surface area contributed by atoms with Crippen molar-refractivity contribution in [2.24, 2.45) is 5.73 Å². The molecule has 1 heterocycles. The zero-order chi connectivity index (χ0) is 14.9. The van der Waals surface area contributed by atoms with Crippen molar-refractivity contribution >= 4 is 23.2 Å². The summed E-state index contributed by atoms with van der Waals surface area (Å²) in [7, 11) is 0. The molecule has 0 atom stereocenters. The number of hydrogen-bond donors (Lipinski definition) is 3. The number of hydrogen-bond acceptors (Lipinski definition) is 3. The molecule has 4 N–H and O–H groups in total. The number of amides is 2. The summed E-state index contributed by atoms with van der Waals surface area (Å²) in [5, 5.41) is 5.15. The first-order valence-electron chi connectivity index (χ1n) is 6.45. The van der Waals surface area contributed by atoms with Crippen molar-refractivity contribution in [1.82, 2.24) is 0 Å². The van der Waals surface area contributed by atoms with Crippen molar-refractivity contribution in [3.63, 3.8) is 0 Å². The Kier molecular flexibility index (Phi) is 3.76. The molecule has 2 rings (SSSR count). The maximum Gasteiger partial charge on any atom is 0.226 e. The molecular formula is C14H18FN3O2. The Morgan fingerprint density at radius 1 is 1.45 bits per heavy atom. The number of fused-ring (bicyclic) bond motifs is 1. The number of nitrogens with one attached hydrogen (secondary N) is 2. The Morgan fingerprint density at radius 2 is 2.15 bits per heavy atom. The van der Waals surface area contributed by atoms with Gasteiger partial charge in [0.15, 0.2) is 0 Å². The van der Waals surface area contributed by atoms with Gasteiger partial charge in [-0.2, -0.15) is 0 Å². The fraction of sp³-hybridized carbons (Fsp3) is 0.429. The molecule has 1 aromatic carbocycles. The third-order valence-electron chi connectivity index (χ3n) is 2.98. The number of carbonyl (C=O) groups is 2. The van der Waals surface area contributed by atoms with Crippen molar-refractivity contribution in [3.05, 3.63) is 23.5 Å². The van der Waals surface area contributed by atoms with Crippen molar-refractivity contribution < 1.29 is 14.0 Å². The first-order chi connectivity index (χ1) is 9.24. The van der Waals surface area contributed by atoms with Gasteiger partial charge in [0.1, 0.15) is 5.82 Å². The number of benzene rings is 1. The molecule has 0 aliphatic carbocycles. The van der Waals surface area contributed by atoms with E-state index >= 15 is 0 Å². The minimum atomic E-state index is -0.664. The molecule has 0 saturated carbocycles. The van der Waals surface area contributed by atoms with E-state index in [1.54, 1.807) is 13.8 Å². The van der Waals surface area contributed by atoms with E-state index in [4.69, 9.17) is 5.73 Å². The first kappa shape index (κ1) is 14.5. The van der Waals surface area contributed by atoms with Crippen molar-refractivity contribution in [2.45, 2.75) is 38.6 Å². The van der Waals surface area contributed by atoms with Crippen LogP contribution in [0.15, 0.2) is 12.1 Å². The molecule has 2 amide bonds. The van der Waals surface area contributed by atoms with Crippen molar-refractivity contribution in [3.8, 4) is 0 Å². The highest BCUT2D eigenvalue weighted by molar-refractivity contribution is 5.96. The van der Waals surface area contributed by atoms with Crippen LogP contribution in [0.4, 0.5) is 15.8 Å². The minimum absolute atomic E-state index is 0.0557. The summed E-state index contributed by atoms with van der Waals surface area (Å²) in [6, 6.07) is 2.79. The van der Waals surface area contributed by atoms with Crippen molar-refractivity contribution in [2.75, 3.05) is 10.6 Å². The van der Waals surface area contributed by atoms with Gasteiger partial charge >= 0.3 is 0 Å². The molecule has 0 unspecified atom stereocenters. The second kappa shape index (κ2) is 5.20. The number of halogens is 1. The number of carbonyl (C=O) groups excluding carboxylic acids is 2. The second-order valence-electron chi connectivity index (χ2n) is 5.75. The lowest BCUT2D eigenvalue weighted by molar-refractivity contribution is -0.117. The Morgan fingerprint density at radius 3 is 2.80 bits per heavy atom. The van der Waals surface area contributed by atoms with Crippen LogP contribution in [0, 0.1) is 5.82 Å². The monoisotopic (exact) mass is 279 g/mol. The standard InChI is InChI=1S/C14H18FN3O2/c1-14(2,16)7-13(20)18-11-6-10-8(5-9(11)15)3-4-12(19)17-10/h5-6H,3-4,7,16H2,1-2H3,(H,17,19)(H,18,20). The molecule has 20 heavy (non-hydrogen) atoms. The van der Waals surface area contributed by atoms with Gasteiger partial charge in [0, 0.05) is 24.1 Å². The molecule has 0 saturated heterocycles. The zero-order valence-corrected chi connectivity index (χ0v) is 11.5. The van der Waals surface area contributed by atoms with E-state index in [0.29, 0.717) is 18.5 Å². The Bertz CT molecular complexity index is 564. The van der Waals surface area contributed by atoms with Crippen LogP contribution in [-0.4, -0.2) is 17.4 Å². The van der Waals surface area contributed by atoms with E-state index in [1.807, 2.05) is 0 Å². The van der Waals surface area contributed by atoms with Crippen molar-refractivity contribution in [1.29, 1.82) is 0 Å². The highest BCUT2D eigenvalue weighted by Crippen LogP contribution is 2.28. The Hall–Kier alpha value is -1.95. The van der Waals surface area contributed by atoms with Crippen LogP contribution in [0.2, 0.25) is 0 Å². The molecule has 1 aliphatic heterocycles. The fourth-order valence-electron chi connectivity index (χ4n) is 2.10. The van der Waals surface area contributed by atoms with Gasteiger partial charge in [-0.05, 0) is 38.0 Å². The molecule has 0 fully saturated rings. The van der Waals surface area contributed by atoms with E-state index in [-0.39, 0.29) is 23.9 Å². The predicted octanol–water partition coefficient (Wildman–Crippen LogP) is 1.78. The van der Waals surface area contributed by atoms with Gasteiger partial charge in [-0.1, -0.05) is 0 Å². The van der Waals surface area contributed by atoms with E-state index < -0.39 is 11.4 Å². The Labute approximate surface area is 116 Å². The largest absolute Gasteiger partial charge is 0.326 e. The minimum Gasteiger partial charge on any atom is -0.326 e. The van der Waals surface area contributed by atoms with Crippen LogP contribution >= 0.6 is 0 Å². The van der Waals surface area contributed by atoms with Gasteiger partial charge in [-0.25, -0.2) is 4.39 Å². The molecule has 1 aromatic rings. The maximum absolute atomic E-state index is 13.9. The summed E-state index contributed by atoms with van der Waals surface area (Å²) in [5.74, 6) is -0.981. The summed E-state index contributed by atoms with van der Waals surface area (Å²) in [6.45, 7) is 3.44. The van der Waals surface area contributed by atoms with E-state index in [1.165, 1.54) is 12.1 Å². The van der Waals surface area contributed by atoms with Gasteiger partial charge < -0.3 is 16.4 Å². The summed E-state index contributed by atoms with van der Waals surface area (Å²) >= 11 is 0. The number of nitrogens with two attached hydrogens (primary N) is 1. The quantitative estimate of drug-likeness (QED) is 0.788. The third kappa shape index (κ3) is 3.54. The molecule has 0 aromatic heterocycles. The zero-order valence-electron chi connectivity index (χ0n) is 11.5. The SMILES string of the molecule is CC(C)(N)CC(=O)Nc1cc2c(cc1F)CCC(=O)N2. The first-order valence-corrected chi connectivity index (χ1v) is 6.45. The molecule has 0 bridgehead atoms. The topological polar surface area (TPSA) is 84.2 Å². The average molecular weight is 279 g/mol. The van der Waals surface area contributed by atoms with Crippen LogP contribution < -0.4 is 16.4 Å². The summed E-state index contributed by atoms with van der Waals surface area (Å²) in [6.07, 6.45) is 0.928. The predicted molar refractivity (Wildman–Crippen MR) is 74.9 cm³/mol. The lowest BCUT2D eigenvalue weighted by atomic mass is 10.0. The molecular weight excluding hydrogens is 261 g/mol. The number of rotatable bonds is 3. The third-order valence-corrected chi connectivity index (χ3v) is 2.98. The van der Waals surface area contributed by atoms with Crippen LogP contribution in [-0.2, 0) is 16.0 Å². The fourth-order valence-corrected chi connectivity index (χ4v) is 2.10. The molecule has 5 nitrogen and oxygen atoms in total. The highest BCUT2D eigenvalue weighted by Gasteiger charge is 2.20. The van der Waals surface area contributed by atoms with Gasteiger partial charge in [-0.3, -0.25) is 9.59 Å². The molecule has 108 valence electrons. The van der Waals surface area contributed by atoms with Crippen LogP contribution in [0.5, 0.6) is 0 Å². The summed E-state index contributed by atoms with van der Waals surface area (Å²) < 4.78 is 13.9. The highest BCUT2D eigenvalue weighted by atomic mass is 19.1. The lowest BCUT2D eigenvalue weighted by Gasteiger charge is -2.20. The number of aryl methyl sites for hydroxylation is 1. The van der Waals surface area contributed by atoms with E-state index in [0.717, 1.165) is 5.56 Å². The molecule has 1 aliphatic rings. The summed E-state index contributed by atoms with van der Waals surface area (Å²) in [4.78, 5) is 23.1. The summed E-state index contributed by atoms with van der Waals surface area (Å²) in [5.41, 5.74) is 6.42. The van der Waals surface area contributed by atoms with Gasteiger partial charge in [-0.15, -0.1) is 0 Å².